The monoisotopic (exact) mass is 509 g/mol. The van der Waals surface area contributed by atoms with E-state index in [9.17, 15) is 4.79 Å². The van der Waals surface area contributed by atoms with Crippen LogP contribution in [0.3, 0.4) is 0 Å². The van der Waals surface area contributed by atoms with E-state index >= 15 is 0 Å². The van der Waals surface area contributed by atoms with Crippen LogP contribution in [0.25, 0.3) is 0 Å². The second-order valence-electron chi connectivity index (χ2n) is 7.66. The summed E-state index contributed by atoms with van der Waals surface area (Å²) < 4.78 is 8.86. The number of para-hydroxylation sites is 1. The number of anilines is 1. The number of nitrogens with one attached hydrogen (secondary N) is 1. The molecule has 164 valence electrons. The molecule has 0 fully saturated rings. The van der Waals surface area contributed by atoms with E-state index < -0.39 is 0 Å². The van der Waals surface area contributed by atoms with Gasteiger partial charge in [-0.2, -0.15) is 5.10 Å². The highest BCUT2D eigenvalue weighted by Gasteiger charge is 2.17. The first-order valence-corrected chi connectivity index (χ1v) is 11.9. The van der Waals surface area contributed by atoms with E-state index in [4.69, 9.17) is 4.74 Å². The standard InChI is InChI=1S/C25H24BrN3O2S/c1-16-6-4-5-7-22(16)31-14-20-12-23(32-15-20)25(30)27-24-17(2)28-29(18(24)3)13-19-8-10-21(26)11-9-19/h4-12,15H,13-14H2,1-3H3,(H,27,30). The molecule has 32 heavy (non-hydrogen) atoms. The van der Waals surface area contributed by atoms with Crippen molar-refractivity contribution < 1.29 is 9.53 Å². The first-order valence-electron chi connectivity index (χ1n) is 10.3. The van der Waals surface area contributed by atoms with E-state index in [1.807, 2.05) is 73.3 Å². The summed E-state index contributed by atoms with van der Waals surface area (Å²) in [5, 5.41) is 9.63. The molecule has 2 aromatic carbocycles. The van der Waals surface area contributed by atoms with Crippen LogP contribution in [-0.4, -0.2) is 15.7 Å². The molecule has 0 radical (unpaired) electrons. The molecule has 0 bridgehead atoms. The van der Waals surface area contributed by atoms with Gasteiger partial charge in [-0.3, -0.25) is 9.48 Å². The minimum Gasteiger partial charge on any atom is -0.489 e. The normalized spacial score (nSPS) is 10.9. The van der Waals surface area contributed by atoms with Crippen molar-refractivity contribution in [2.45, 2.75) is 33.9 Å². The van der Waals surface area contributed by atoms with Gasteiger partial charge in [0.25, 0.3) is 5.91 Å². The van der Waals surface area contributed by atoms with Crippen molar-refractivity contribution in [1.82, 2.24) is 9.78 Å². The molecule has 2 aromatic heterocycles. The SMILES string of the molecule is Cc1ccccc1OCc1csc(C(=O)Nc2c(C)nn(Cc3ccc(Br)cc3)c2C)c1. The highest BCUT2D eigenvalue weighted by Crippen LogP contribution is 2.24. The quantitative estimate of drug-likeness (QED) is 0.308. The number of carbonyl (C=O) groups is 1. The van der Waals surface area contributed by atoms with E-state index in [1.54, 1.807) is 0 Å². The molecule has 1 N–H and O–H groups in total. The fraction of sp³-hybridized carbons (Fsp3) is 0.200. The number of ether oxygens (including phenoxy) is 1. The molecule has 5 nitrogen and oxygen atoms in total. The number of hydrogen-bond donors (Lipinski definition) is 1. The van der Waals surface area contributed by atoms with Gasteiger partial charge < -0.3 is 10.1 Å². The summed E-state index contributed by atoms with van der Waals surface area (Å²) in [6.07, 6.45) is 0. The number of thiophene rings is 1. The number of halogens is 1. The van der Waals surface area contributed by atoms with E-state index in [-0.39, 0.29) is 5.91 Å². The fourth-order valence-electron chi connectivity index (χ4n) is 3.42. The summed E-state index contributed by atoms with van der Waals surface area (Å²) in [6.45, 7) is 6.98. The van der Waals surface area contributed by atoms with E-state index in [0.717, 1.165) is 44.0 Å². The maximum absolute atomic E-state index is 12.9. The molecule has 7 heteroatoms. The molecule has 1 amide bonds. The average molecular weight is 510 g/mol. The maximum atomic E-state index is 12.9. The largest absolute Gasteiger partial charge is 0.489 e. The van der Waals surface area contributed by atoms with Gasteiger partial charge in [0.15, 0.2) is 0 Å². The Bertz CT molecular complexity index is 1240. The number of hydrogen-bond acceptors (Lipinski definition) is 4. The van der Waals surface area contributed by atoms with Gasteiger partial charge in [0.1, 0.15) is 12.4 Å². The molecular formula is C25H24BrN3O2S. The summed E-state index contributed by atoms with van der Waals surface area (Å²) in [5.41, 5.74) is 5.70. The lowest BCUT2D eigenvalue weighted by molar-refractivity contribution is 0.103. The number of aromatic nitrogens is 2. The van der Waals surface area contributed by atoms with Gasteiger partial charge >= 0.3 is 0 Å². The van der Waals surface area contributed by atoms with Crippen LogP contribution in [0.15, 0.2) is 64.5 Å². The van der Waals surface area contributed by atoms with Gasteiger partial charge in [0.05, 0.1) is 28.5 Å². The number of amides is 1. The van der Waals surface area contributed by atoms with Crippen LogP contribution in [0.5, 0.6) is 5.75 Å². The van der Waals surface area contributed by atoms with Gasteiger partial charge in [0, 0.05) is 10.0 Å². The molecule has 0 aliphatic rings. The third-order valence-corrected chi connectivity index (χ3v) is 6.74. The number of aryl methyl sites for hydroxylation is 2. The van der Waals surface area contributed by atoms with Gasteiger partial charge in [-0.15, -0.1) is 11.3 Å². The molecule has 0 aliphatic carbocycles. The summed E-state index contributed by atoms with van der Waals surface area (Å²) in [4.78, 5) is 13.5. The highest BCUT2D eigenvalue weighted by atomic mass is 79.9. The van der Waals surface area contributed by atoms with Gasteiger partial charge in [-0.25, -0.2) is 0 Å². The summed E-state index contributed by atoms with van der Waals surface area (Å²) in [6, 6.07) is 17.9. The minimum atomic E-state index is -0.133. The summed E-state index contributed by atoms with van der Waals surface area (Å²) in [7, 11) is 0. The zero-order chi connectivity index (χ0) is 22.7. The fourth-order valence-corrected chi connectivity index (χ4v) is 4.48. The van der Waals surface area contributed by atoms with Gasteiger partial charge in [-0.1, -0.05) is 46.3 Å². The van der Waals surface area contributed by atoms with Crippen LogP contribution in [0.4, 0.5) is 5.69 Å². The lowest BCUT2D eigenvalue weighted by atomic mass is 10.2. The Morgan fingerprint density at radius 2 is 1.84 bits per heavy atom. The van der Waals surface area contributed by atoms with Crippen LogP contribution >= 0.6 is 27.3 Å². The molecule has 2 heterocycles. The van der Waals surface area contributed by atoms with E-state index in [2.05, 4.69) is 38.5 Å². The Hall–Kier alpha value is -2.90. The Morgan fingerprint density at radius 1 is 1.09 bits per heavy atom. The predicted octanol–water partition coefficient (Wildman–Crippen LogP) is 6.51. The molecule has 0 spiro atoms. The van der Waals surface area contributed by atoms with Crippen LogP contribution in [0.2, 0.25) is 0 Å². The smallest absolute Gasteiger partial charge is 0.265 e. The first-order chi connectivity index (χ1) is 15.4. The maximum Gasteiger partial charge on any atom is 0.265 e. The average Bonchev–Trinajstić information content (AvgIpc) is 3.35. The first kappa shape index (κ1) is 22.3. The van der Waals surface area contributed by atoms with Gasteiger partial charge in [0.2, 0.25) is 0 Å². The van der Waals surface area contributed by atoms with Crippen LogP contribution in [0.1, 0.15) is 37.7 Å². The van der Waals surface area contributed by atoms with Crippen molar-refractivity contribution in [2.75, 3.05) is 5.32 Å². The van der Waals surface area contributed by atoms with Crippen LogP contribution in [0, 0.1) is 20.8 Å². The second-order valence-corrected chi connectivity index (χ2v) is 9.48. The number of benzene rings is 2. The third-order valence-electron chi connectivity index (χ3n) is 5.23. The Labute approximate surface area is 200 Å². The predicted molar refractivity (Wildman–Crippen MR) is 133 cm³/mol. The molecule has 0 aliphatic heterocycles. The Morgan fingerprint density at radius 3 is 2.59 bits per heavy atom. The number of carbonyl (C=O) groups excluding carboxylic acids is 1. The molecule has 4 rings (SSSR count). The van der Waals surface area contributed by atoms with Crippen molar-refractivity contribution in [3.8, 4) is 5.75 Å². The molecular weight excluding hydrogens is 486 g/mol. The summed E-state index contributed by atoms with van der Waals surface area (Å²) in [5.74, 6) is 0.723. The van der Waals surface area contributed by atoms with E-state index in [1.165, 1.54) is 11.3 Å². The minimum absolute atomic E-state index is 0.133. The lowest BCUT2D eigenvalue weighted by Crippen LogP contribution is -2.12. The number of rotatable bonds is 7. The molecule has 0 saturated carbocycles. The number of nitrogens with zero attached hydrogens (tertiary/aromatic N) is 2. The van der Waals surface area contributed by atoms with Crippen molar-refractivity contribution >= 4 is 38.9 Å². The molecule has 0 saturated heterocycles. The van der Waals surface area contributed by atoms with Gasteiger partial charge in [-0.05, 0) is 61.5 Å². The Kier molecular flexibility index (Phi) is 6.77. The van der Waals surface area contributed by atoms with Crippen molar-refractivity contribution in [2.24, 2.45) is 0 Å². The topological polar surface area (TPSA) is 56.1 Å². The summed E-state index contributed by atoms with van der Waals surface area (Å²) >= 11 is 4.87. The molecule has 0 atom stereocenters. The third kappa shape index (κ3) is 5.11. The van der Waals surface area contributed by atoms with Crippen molar-refractivity contribution in [3.63, 3.8) is 0 Å². The molecule has 4 aromatic rings. The van der Waals surface area contributed by atoms with E-state index in [0.29, 0.717) is 18.0 Å². The zero-order valence-corrected chi connectivity index (χ0v) is 20.6. The second kappa shape index (κ2) is 9.71. The van der Waals surface area contributed by atoms with Crippen LogP contribution < -0.4 is 10.1 Å². The van der Waals surface area contributed by atoms with Crippen molar-refractivity contribution in [1.29, 1.82) is 0 Å². The highest BCUT2D eigenvalue weighted by molar-refractivity contribution is 9.10. The Balaban J connectivity index is 1.42. The molecule has 0 unspecified atom stereocenters. The zero-order valence-electron chi connectivity index (χ0n) is 18.2. The lowest BCUT2D eigenvalue weighted by Gasteiger charge is -2.07. The van der Waals surface area contributed by atoms with Crippen LogP contribution in [-0.2, 0) is 13.2 Å². The van der Waals surface area contributed by atoms with Crippen molar-refractivity contribution in [3.05, 3.63) is 97.4 Å².